The highest BCUT2D eigenvalue weighted by Crippen LogP contribution is 2.51. The fourth-order valence-corrected chi connectivity index (χ4v) is 14.7. The molecule has 398 valence electrons. The Hall–Kier alpha value is -11.0. The van der Waals surface area contributed by atoms with Gasteiger partial charge in [-0.2, -0.15) is 0 Å². The minimum atomic E-state index is 1.10. The first-order valence-electron chi connectivity index (χ1n) is 29.1. The molecule has 3 heterocycles. The average molecular weight is 1100 g/mol. The van der Waals surface area contributed by atoms with Gasteiger partial charge < -0.3 is 18.9 Å². The smallest absolute Gasteiger partial charge is 0.0547 e. The van der Waals surface area contributed by atoms with E-state index in [1.54, 1.807) is 0 Å². The average Bonchev–Trinajstić information content (AvgIpc) is 1.68. The number of fused-ring (bicyclic) bond motifs is 13. The number of aromatic nitrogens is 2. The van der Waals surface area contributed by atoms with Crippen molar-refractivity contribution in [2.24, 2.45) is 0 Å². The van der Waals surface area contributed by atoms with Gasteiger partial charge >= 0.3 is 0 Å². The minimum Gasteiger partial charge on any atom is -0.311 e. The molecule has 0 unspecified atom stereocenters. The zero-order valence-corrected chi connectivity index (χ0v) is 47.0. The molecule has 0 bridgehead atoms. The molecule has 0 aliphatic carbocycles. The van der Waals surface area contributed by atoms with Crippen molar-refractivity contribution < 1.29 is 0 Å². The van der Waals surface area contributed by atoms with Crippen LogP contribution in [-0.2, 0) is 0 Å². The van der Waals surface area contributed by atoms with E-state index in [4.69, 9.17) is 0 Å². The summed E-state index contributed by atoms with van der Waals surface area (Å²) in [5.74, 6) is 0. The molecule has 0 saturated heterocycles. The normalized spacial score (nSPS) is 11.8. The molecule has 4 nitrogen and oxygen atoms in total. The number of rotatable bonds is 10. The molecule has 0 aliphatic heterocycles. The predicted molar refractivity (Wildman–Crippen MR) is 363 cm³/mol. The third kappa shape index (κ3) is 7.97. The Bertz CT molecular complexity index is 4950. The molecular weight excluding hydrogens is 1050 g/mol. The second kappa shape index (κ2) is 19.9. The van der Waals surface area contributed by atoms with Crippen LogP contribution in [0.4, 0.5) is 34.1 Å². The van der Waals surface area contributed by atoms with Crippen LogP contribution in [0.25, 0.3) is 119 Å². The van der Waals surface area contributed by atoms with E-state index < -0.39 is 0 Å². The van der Waals surface area contributed by atoms with E-state index in [1.165, 1.54) is 96.5 Å². The molecule has 17 aromatic rings. The van der Waals surface area contributed by atoms with Crippen LogP contribution in [0, 0.1) is 0 Å². The molecule has 0 radical (unpaired) electrons. The molecule has 17 rings (SSSR count). The standard InChI is InChI=1S/C80H52N4S/c1-7-23-55(24-8-1)81(56-25-9-2-10-26-56)61-43-39-53(40-44-61)65-51-77-79(71-47-69-63-35-19-21-37-73(63)83(75(69)49-67(65)71)59-31-15-5-16-32-59)80-72-48-70-64-36-20-22-38-74(64)84(60-33-17-6-18-34-60)76(70)50-68(72)66(52-78(80)85-77)54-41-45-62(46-42-54)82(57-27-11-3-12-28-57)58-29-13-4-14-30-58/h1-52H. The maximum absolute atomic E-state index is 2.52. The van der Waals surface area contributed by atoms with E-state index in [0.29, 0.717) is 0 Å². The second-order valence-electron chi connectivity index (χ2n) is 22.0. The number of benzene rings is 14. The Balaban J connectivity index is 0.959. The van der Waals surface area contributed by atoms with Gasteiger partial charge in [-0.25, -0.2) is 0 Å². The van der Waals surface area contributed by atoms with Crippen LogP contribution >= 0.6 is 11.3 Å². The van der Waals surface area contributed by atoms with Crippen molar-refractivity contribution >= 4 is 131 Å². The van der Waals surface area contributed by atoms with Gasteiger partial charge in [-0.15, -0.1) is 11.3 Å². The van der Waals surface area contributed by atoms with Gasteiger partial charge in [0.1, 0.15) is 0 Å². The zero-order chi connectivity index (χ0) is 56.0. The molecule has 0 atom stereocenters. The fourth-order valence-electron chi connectivity index (χ4n) is 13.5. The summed E-state index contributed by atoms with van der Waals surface area (Å²) in [5, 5.41) is 12.4. The summed E-state index contributed by atoms with van der Waals surface area (Å²) in [6.07, 6.45) is 0. The molecule has 0 amide bonds. The molecule has 0 spiro atoms. The van der Waals surface area contributed by atoms with E-state index in [1.807, 2.05) is 11.3 Å². The summed E-state index contributed by atoms with van der Waals surface area (Å²) in [5.41, 5.74) is 18.4. The molecule has 0 N–H and O–H groups in total. The van der Waals surface area contributed by atoms with Crippen LogP contribution in [0.1, 0.15) is 0 Å². The SMILES string of the molecule is c1ccc(N(c2ccccc2)c2ccc(-c3cc4sc5cc(-c6ccc(N(c7ccccc7)c7ccccc7)cc6)c6cc7c(cc6c5c4c4cc5c6ccccc6n(-c6ccccc6)c5cc34)c3ccccc3n7-c3ccccc3)cc2)cc1. The van der Waals surface area contributed by atoms with E-state index in [0.717, 1.165) is 56.6 Å². The number of thiophene rings is 1. The lowest BCUT2D eigenvalue weighted by atomic mass is 9.90. The van der Waals surface area contributed by atoms with Gasteiger partial charge in [-0.3, -0.25) is 0 Å². The largest absolute Gasteiger partial charge is 0.311 e. The van der Waals surface area contributed by atoms with Crippen molar-refractivity contribution in [1.82, 2.24) is 9.13 Å². The molecule has 5 heteroatoms. The van der Waals surface area contributed by atoms with E-state index >= 15 is 0 Å². The summed E-state index contributed by atoms with van der Waals surface area (Å²) in [6.45, 7) is 0. The van der Waals surface area contributed by atoms with Crippen molar-refractivity contribution in [2.45, 2.75) is 0 Å². The van der Waals surface area contributed by atoms with Gasteiger partial charge in [0.05, 0.1) is 22.1 Å². The third-order valence-electron chi connectivity index (χ3n) is 17.2. The van der Waals surface area contributed by atoms with E-state index in [-0.39, 0.29) is 0 Å². The highest BCUT2D eigenvalue weighted by Gasteiger charge is 2.24. The Kier molecular flexibility index (Phi) is 11.4. The first kappa shape index (κ1) is 48.7. The number of hydrogen-bond donors (Lipinski definition) is 0. The molecule has 0 fully saturated rings. The molecular formula is C80H52N4S. The summed E-state index contributed by atoms with van der Waals surface area (Å²) >= 11 is 1.91. The third-order valence-corrected chi connectivity index (χ3v) is 18.3. The maximum Gasteiger partial charge on any atom is 0.0547 e. The fraction of sp³-hybridized carbons (Fsp3) is 0. The molecule has 14 aromatic carbocycles. The number of nitrogens with zero attached hydrogens (tertiary/aromatic N) is 4. The van der Waals surface area contributed by atoms with E-state index in [2.05, 4.69) is 334 Å². The van der Waals surface area contributed by atoms with Gasteiger partial charge in [0, 0.05) is 87.2 Å². The highest BCUT2D eigenvalue weighted by atomic mass is 32.1. The first-order chi connectivity index (χ1) is 42.2. The topological polar surface area (TPSA) is 16.3 Å². The number of anilines is 6. The Morgan fingerprint density at radius 2 is 0.529 bits per heavy atom. The molecule has 0 aliphatic rings. The van der Waals surface area contributed by atoms with Crippen LogP contribution in [0.3, 0.4) is 0 Å². The van der Waals surface area contributed by atoms with Crippen molar-refractivity contribution in [3.05, 3.63) is 315 Å². The first-order valence-corrected chi connectivity index (χ1v) is 29.9. The monoisotopic (exact) mass is 1100 g/mol. The lowest BCUT2D eigenvalue weighted by Crippen LogP contribution is -2.09. The van der Waals surface area contributed by atoms with Crippen LogP contribution in [-0.4, -0.2) is 9.13 Å². The van der Waals surface area contributed by atoms with Crippen LogP contribution in [0.2, 0.25) is 0 Å². The quantitative estimate of drug-likeness (QED) is 0.136. The van der Waals surface area contributed by atoms with Crippen LogP contribution < -0.4 is 9.80 Å². The lowest BCUT2D eigenvalue weighted by molar-refractivity contribution is 1.18. The highest BCUT2D eigenvalue weighted by molar-refractivity contribution is 7.26. The van der Waals surface area contributed by atoms with Crippen molar-refractivity contribution in [3.63, 3.8) is 0 Å². The van der Waals surface area contributed by atoms with Gasteiger partial charge in [0.25, 0.3) is 0 Å². The van der Waals surface area contributed by atoms with Crippen molar-refractivity contribution in [2.75, 3.05) is 9.80 Å². The van der Waals surface area contributed by atoms with Crippen molar-refractivity contribution in [1.29, 1.82) is 0 Å². The summed E-state index contributed by atoms with van der Waals surface area (Å²) in [6, 6.07) is 116. The molecule has 3 aromatic heterocycles. The minimum absolute atomic E-state index is 1.10. The summed E-state index contributed by atoms with van der Waals surface area (Å²) < 4.78 is 7.42. The second-order valence-corrected chi connectivity index (χ2v) is 23.1. The molecule has 0 saturated carbocycles. The zero-order valence-electron chi connectivity index (χ0n) is 46.2. The van der Waals surface area contributed by atoms with Crippen LogP contribution in [0.5, 0.6) is 0 Å². The number of hydrogen-bond acceptors (Lipinski definition) is 3. The lowest BCUT2D eigenvalue weighted by Gasteiger charge is -2.25. The number of para-hydroxylation sites is 8. The summed E-state index contributed by atoms with van der Waals surface area (Å²) in [4.78, 5) is 4.68. The van der Waals surface area contributed by atoms with Crippen molar-refractivity contribution in [3.8, 4) is 33.6 Å². The summed E-state index contributed by atoms with van der Waals surface area (Å²) in [7, 11) is 0. The van der Waals surface area contributed by atoms with Gasteiger partial charge in [0.15, 0.2) is 0 Å². The van der Waals surface area contributed by atoms with Gasteiger partial charge in [-0.1, -0.05) is 170 Å². The Morgan fingerprint density at radius 3 is 0.882 bits per heavy atom. The predicted octanol–water partition coefficient (Wildman–Crippen LogP) is 22.8. The maximum atomic E-state index is 2.52. The van der Waals surface area contributed by atoms with Gasteiger partial charge in [-0.05, 0) is 189 Å². The van der Waals surface area contributed by atoms with Crippen LogP contribution in [0.15, 0.2) is 315 Å². The Labute approximate surface area is 495 Å². The Morgan fingerprint density at radius 1 is 0.224 bits per heavy atom. The van der Waals surface area contributed by atoms with E-state index in [9.17, 15) is 0 Å². The van der Waals surface area contributed by atoms with Gasteiger partial charge in [0.2, 0.25) is 0 Å². The molecule has 85 heavy (non-hydrogen) atoms.